The molecule has 1 aliphatic rings. The molecule has 1 atom stereocenters. The Labute approximate surface area is 166 Å². The molecule has 27 heavy (non-hydrogen) atoms. The lowest BCUT2D eigenvalue weighted by Crippen LogP contribution is -2.43. The molecule has 142 valence electrons. The van der Waals surface area contributed by atoms with E-state index in [0.717, 1.165) is 11.3 Å². The van der Waals surface area contributed by atoms with Crippen molar-refractivity contribution in [3.63, 3.8) is 0 Å². The molecule has 4 nitrogen and oxygen atoms in total. The maximum Gasteiger partial charge on any atom is 0.255 e. The van der Waals surface area contributed by atoms with Crippen molar-refractivity contribution in [1.82, 2.24) is 10.6 Å². The number of hydrogen-bond donors (Lipinski definition) is 3. The monoisotopic (exact) mass is 381 g/mol. The number of amides is 1. The summed E-state index contributed by atoms with van der Waals surface area (Å²) in [6, 6.07) is 17.6. The summed E-state index contributed by atoms with van der Waals surface area (Å²) in [6.07, 6.45) is 6.27. The molecular weight excluding hydrogens is 354 g/mol. The second kappa shape index (κ2) is 9.51. The van der Waals surface area contributed by atoms with Crippen LogP contribution in [0, 0.1) is 0 Å². The van der Waals surface area contributed by atoms with E-state index in [0.29, 0.717) is 16.7 Å². The van der Waals surface area contributed by atoms with E-state index in [9.17, 15) is 4.79 Å². The molecule has 1 saturated carbocycles. The van der Waals surface area contributed by atoms with Crippen molar-refractivity contribution in [3.8, 4) is 0 Å². The summed E-state index contributed by atoms with van der Waals surface area (Å²) in [5.41, 5.74) is 2.50. The molecule has 5 heteroatoms. The molecule has 3 N–H and O–H groups in total. The number of nitrogens with one attached hydrogen (secondary N) is 3. The predicted molar refractivity (Wildman–Crippen MR) is 115 cm³/mol. The number of anilines is 1. The summed E-state index contributed by atoms with van der Waals surface area (Å²) in [5.74, 6) is -0.108. The van der Waals surface area contributed by atoms with Crippen LogP contribution in [0.1, 0.15) is 61.0 Å². The molecule has 3 rings (SSSR count). The molecule has 1 aliphatic carbocycles. The van der Waals surface area contributed by atoms with Crippen molar-refractivity contribution >= 4 is 28.9 Å². The van der Waals surface area contributed by atoms with Gasteiger partial charge in [-0.2, -0.15) is 0 Å². The van der Waals surface area contributed by atoms with Gasteiger partial charge in [0.25, 0.3) is 5.91 Å². The highest BCUT2D eigenvalue weighted by Gasteiger charge is 2.15. The highest BCUT2D eigenvalue weighted by molar-refractivity contribution is 7.80. The smallest absolute Gasteiger partial charge is 0.255 e. The number of hydrogen-bond acceptors (Lipinski definition) is 2. The first-order valence-electron chi connectivity index (χ1n) is 9.65. The van der Waals surface area contributed by atoms with Crippen LogP contribution in [0.25, 0.3) is 0 Å². The molecule has 2 aromatic carbocycles. The van der Waals surface area contributed by atoms with Crippen molar-refractivity contribution in [2.75, 3.05) is 5.32 Å². The summed E-state index contributed by atoms with van der Waals surface area (Å²) in [4.78, 5) is 12.3. The Morgan fingerprint density at radius 1 is 1.04 bits per heavy atom. The standard InChI is InChI=1S/C22H27N3OS/c1-16(23-22(27)25-19-12-6-3-7-13-19)18-11-8-14-20(15-18)24-21(26)17-9-4-2-5-10-17/h2,4-5,8-11,14-16,19H,3,6-7,12-13H2,1H3,(H,24,26)(H2,23,25,27). The Kier molecular flexibility index (Phi) is 6.82. The zero-order valence-electron chi connectivity index (χ0n) is 15.7. The molecule has 0 radical (unpaired) electrons. The van der Waals surface area contributed by atoms with Gasteiger partial charge in [-0.15, -0.1) is 0 Å². The maximum atomic E-state index is 12.3. The van der Waals surface area contributed by atoms with Crippen molar-refractivity contribution in [2.24, 2.45) is 0 Å². The number of thiocarbonyl (C=S) groups is 1. The van der Waals surface area contributed by atoms with E-state index in [2.05, 4.69) is 22.9 Å². The second-order valence-electron chi connectivity index (χ2n) is 7.12. The van der Waals surface area contributed by atoms with Crippen LogP contribution in [-0.2, 0) is 0 Å². The Hall–Kier alpha value is -2.40. The fraction of sp³-hybridized carbons (Fsp3) is 0.364. The fourth-order valence-electron chi connectivity index (χ4n) is 3.43. The summed E-state index contributed by atoms with van der Waals surface area (Å²) < 4.78 is 0. The van der Waals surface area contributed by atoms with Crippen LogP contribution in [0.2, 0.25) is 0 Å². The third kappa shape index (κ3) is 5.79. The summed E-state index contributed by atoms with van der Waals surface area (Å²) in [5, 5.41) is 10.5. The van der Waals surface area contributed by atoms with E-state index in [1.165, 1.54) is 32.1 Å². The van der Waals surface area contributed by atoms with Crippen LogP contribution in [-0.4, -0.2) is 17.1 Å². The van der Waals surface area contributed by atoms with Gasteiger partial charge in [0.05, 0.1) is 6.04 Å². The molecule has 1 fully saturated rings. The molecule has 0 spiro atoms. The van der Waals surface area contributed by atoms with Crippen molar-refractivity contribution in [1.29, 1.82) is 0 Å². The Morgan fingerprint density at radius 2 is 1.78 bits per heavy atom. The van der Waals surface area contributed by atoms with Crippen LogP contribution in [0.15, 0.2) is 54.6 Å². The van der Waals surface area contributed by atoms with Crippen molar-refractivity contribution in [2.45, 2.75) is 51.1 Å². The number of benzene rings is 2. The number of rotatable bonds is 5. The fourth-order valence-corrected chi connectivity index (χ4v) is 3.78. The zero-order chi connectivity index (χ0) is 19.1. The molecular formula is C22H27N3OS. The molecule has 0 saturated heterocycles. The third-order valence-electron chi connectivity index (χ3n) is 4.97. The van der Waals surface area contributed by atoms with Crippen LogP contribution in [0.4, 0.5) is 5.69 Å². The van der Waals surface area contributed by atoms with Gasteiger partial charge in [0.15, 0.2) is 5.11 Å². The highest BCUT2D eigenvalue weighted by Crippen LogP contribution is 2.19. The van der Waals surface area contributed by atoms with Crippen molar-refractivity contribution < 1.29 is 4.79 Å². The summed E-state index contributed by atoms with van der Waals surface area (Å²) >= 11 is 5.49. The average Bonchev–Trinajstić information content (AvgIpc) is 2.69. The van der Waals surface area contributed by atoms with Gasteiger partial charge in [0.2, 0.25) is 0 Å². The largest absolute Gasteiger partial charge is 0.360 e. The molecule has 0 bridgehead atoms. The van der Waals surface area contributed by atoms with Gasteiger partial charge in [-0.1, -0.05) is 49.6 Å². The van der Waals surface area contributed by atoms with E-state index < -0.39 is 0 Å². The molecule has 0 aromatic heterocycles. The van der Waals surface area contributed by atoms with E-state index in [4.69, 9.17) is 12.2 Å². The van der Waals surface area contributed by atoms with Gasteiger partial charge in [-0.25, -0.2) is 0 Å². The zero-order valence-corrected chi connectivity index (χ0v) is 16.5. The maximum absolute atomic E-state index is 12.3. The first-order valence-corrected chi connectivity index (χ1v) is 10.1. The Bertz CT molecular complexity index is 772. The van der Waals surface area contributed by atoms with Gasteiger partial charge >= 0.3 is 0 Å². The Balaban J connectivity index is 1.57. The second-order valence-corrected chi connectivity index (χ2v) is 7.53. The first-order chi connectivity index (χ1) is 13.1. The average molecular weight is 382 g/mol. The van der Waals surface area contributed by atoms with E-state index in [1.54, 1.807) is 12.1 Å². The normalized spacial score (nSPS) is 15.6. The molecule has 1 amide bonds. The van der Waals surface area contributed by atoms with E-state index >= 15 is 0 Å². The minimum Gasteiger partial charge on any atom is -0.360 e. The Morgan fingerprint density at radius 3 is 2.52 bits per heavy atom. The summed E-state index contributed by atoms with van der Waals surface area (Å²) in [7, 11) is 0. The first kappa shape index (κ1) is 19.4. The van der Waals surface area contributed by atoms with Gasteiger partial charge in [0.1, 0.15) is 0 Å². The van der Waals surface area contributed by atoms with Gasteiger partial charge in [0, 0.05) is 17.3 Å². The lowest BCUT2D eigenvalue weighted by molar-refractivity contribution is 0.102. The minimum absolute atomic E-state index is 0.0576. The number of carbonyl (C=O) groups is 1. The van der Waals surface area contributed by atoms with Crippen LogP contribution >= 0.6 is 12.2 Å². The van der Waals surface area contributed by atoms with E-state index in [1.807, 2.05) is 42.5 Å². The SMILES string of the molecule is CC(NC(=S)NC1CCCCC1)c1cccc(NC(=O)c2ccccc2)c1. The van der Waals surface area contributed by atoms with Crippen molar-refractivity contribution in [3.05, 3.63) is 65.7 Å². The van der Waals surface area contributed by atoms with Crippen LogP contribution in [0.3, 0.4) is 0 Å². The van der Waals surface area contributed by atoms with Gasteiger partial charge in [-0.05, 0) is 61.8 Å². The lowest BCUT2D eigenvalue weighted by atomic mass is 9.96. The quantitative estimate of drug-likeness (QED) is 0.652. The van der Waals surface area contributed by atoms with Crippen LogP contribution < -0.4 is 16.0 Å². The van der Waals surface area contributed by atoms with Gasteiger partial charge in [-0.3, -0.25) is 4.79 Å². The third-order valence-corrected chi connectivity index (χ3v) is 5.20. The molecule has 0 aliphatic heterocycles. The minimum atomic E-state index is -0.108. The highest BCUT2D eigenvalue weighted by atomic mass is 32.1. The lowest BCUT2D eigenvalue weighted by Gasteiger charge is -2.26. The predicted octanol–water partition coefficient (Wildman–Crippen LogP) is 4.80. The van der Waals surface area contributed by atoms with Gasteiger partial charge < -0.3 is 16.0 Å². The summed E-state index contributed by atoms with van der Waals surface area (Å²) in [6.45, 7) is 2.08. The van der Waals surface area contributed by atoms with Crippen LogP contribution in [0.5, 0.6) is 0 Å². The van der Waals surface area contributed by atoms with E-state index in [-0.39, 0.29) is 11.9 Å². The molecule has 2 aromatic rings. The number of carbonyl (C=O) groups excluding carboxylic acids is 1. The molecule has 0 heterocycles. The topological polar surface area (TPSA) is 53.2 Å². The molecule has 1 unspecified atom stereocenters.